The number of benzene rings is 1. The number of aromatic nitrogens is 1. The molecule has 1 saturated heterocycles. The lowest BCUT2D eigenvalue weighted by Crippen LogP contribution is -2.19. The number of ether oxygens (including phenoxy) is 2. The summed E-state index contributed by atoms with van der Waals surface area (Å²) in [5.74, 6) is 0.470. The molecular weight excluding hydrogens is 280 g/mol. The van der Waals surface area contributed by atoms with E-state index in [1.165, 1.54) is 0 Å². The minimum Gasteiger partial charge on any atom is -0.486 e. The van der Waals surface area contributed by atoms with E-state index in [2.05, 4.69) is 10.3 Å². The zero-order valence-corrected chi connectivity index (χ0v) is 12.4. The van der Waals surface area contributed by atoms with Crippen LogP contribution in [0.5, 0.6) is 5.75 Å². The molecule has 0 radical (unpaired) electrons. The first-order valence-electron chi connectivity index (χ1n) is 7.30. The Morgan fingerprint density at radius 3 is 2.95 bits per heavy atom. The van der Waals surface area contributed by atoms with Crippen LogP contribution in [0.3, 0.4) is 0 Å². The predicted molar refractivity (Wildman–Crippen MR) is 83.2 cm³/mol. The molecule has 1 aromatic heterocycles. The van der Waals surface area contributed by atoms with Crippen molar-refractivity contribution in [3.63, 3.8) is 0 Å². The molecule has 1 amide bonds. The van der Waals surface area contributed by atoms with E-state index in [4.69, 9.17) is 9.47 Å². The summed E-state index contributed by atoms with van der Waals surface area (Å²) in [7, 11) is 0. The first-order valence-corrected chi connectivity index (χ1v) is 7.30. The van der Waals surface area contributed by atoms with Crippen LogP contribution < -0.4 is 10.1 Å². The molecule has 1 aromatic carbocycles. The smallest absolute Gasteiger partial charge is 0.257 e. The number of anilines is 1. The van der Waals surface area contributed by atoms with Crippen LogP contribution in [0.1, 0.15) is 22.5 Å². The number of pyridine rings is 1. The van der Waals surface area contributed by atoms with Gasteiger partial charge in [0.05, 0.1) is 24.5 Å². The minimum absolute atomic E-state index is 0.0400. The molecule has 1 N–H and O–H groups in total. The van der Waals surface area contributed by atoms with Crippen LogP contribution >= 0.6 is 0 Å². The normalized spacial score (nSPS) is 17.2. The molecule has 5 heteroatoms. The van der Waals surface area contributed by atoms with Crippen molar-refractivity contribution in [3.05, 3.63) is 53.9 Å². The Labute approximate surface area is 129 Å². The first-order chi connectivity index (χ1) is 10.7. The second-order valence-corrected chi connectivity index (χ2v) is 5.19. The molecule has 114 valence electrons. The van der Waals surface area contributed by atoms with Crippen LogP contribution in [-0.2, 0) is 4.74 Å². The fourth-order valence-electron chi connectivity index (χ4n) is 2.37. The van der Waals surface area contributed by atoms with Gasteiger partial charge in [-0.25, -0.2) is 0 Å². The van der Waals surface area contributed by atoms with E-state index in [0.717, 1.165) is 6.42 Å². The van der Waals surface area contributed by atoms with E-state index in [1.807, 2.05) is 31.2 Å². The van der Waals surface area contributed by atoms with Gasteiger partial charge in [-0.15, -0.1) is 0 Å². The van der Waals surface area contributed by atoms with Crippen molar-refractivity contribution in [3.8, 4) is 5.75 Å². The van der Waals surface area contributed by atoms with Crippen molar-refractivity contribution in [2.45, 2.75) is 19.4 Å². The number of aryl methyl sites for hydroxylation is 1. The highest BCUT2D eigenvalue weighted by Crippen LogP contribution is 2.27. The molecule has 5 nitrogen and oxygen atoms in total. The maximum Gasteiger partial charge on any atom is 0.257 e. The molecule has 1 aliphatic heterocycles. The maximum atomic E-state index is 12.4. The molecule has 2 heterocycles. The summed E-state index contributed by atoms with van der Waals surface area (Å²) in [5, 5.41) is 2.90. The summed E-state index contributed by atoms with van der Waals surface area (Å²) in [6.07, 6.45) is 2.57. The molecule has 0 aliphatic carbocycles. The van der Waals surface area contributed by atoms with Crippen LogP contribution in [-0.4, -0.2) is 30.2 Å². The van der Waals surface area contributed by atoms with Crippen molar-refractivity contribution in [1.29, 1.82) is 0 Å². The summed E-state index contributed by atoms with van der Waals surface area (Å²) < 4.78 is 11.2. The number of carbonyl (C=O) groups excluding carboxylic acids is 1. The van der Waals surface area contributed by atoms with Crippen molar-refractivity contribution < 1.29 is 14.3 Å². The van der Waals surface area contributed by atoms with Gasteiger partial charge in [0.2, 0.25) is 0 Å². The van der Waals surface area contributed by atoms with Gasteiger partial charge in [0.1, 0.15) is 11.9 Å². The van der Waals surface area contributed by atoms with E-state index in [0.29, 0.717) is 35.9 Å². The molecule has 1 atom stereocenters. The summed E-state index contributed by atoms with van der Waals surface area (Å²) in [6, 6.07) is 10.9. The fourth-order valence-corrected chi connectivity index (χ4v) is 2.37. The Hall–Kier alpha value is -2.40. The van der Waals surface area contributed by atoms with Crippen molar-refractivity contribution >= 4 is 11.6 Å². The number of hydrogen-bond donors (Lipinski definition) is 1. The molecule has 2 aromatic rings. The Balaban J connectivity index is 1.77. The summed E-state index contributed by atoms with van der Waals surface area (Å²) >= 11 is 0. The number of nitrogens with one attached hydrogen (secondary N) is 1. The first kappa shape index (κ1) is 14.5. The predicted octanol–water partition coefficient (Wildman–Crippen LogP) is 2.81. The van der Waals surface area contributed by atoms with E-state index in [9.17, 15) is 4.79 Å². The number of para-hydroxylation sites is 2. The molecule has 0 spiro atoms. The zero-order chi connectivity index (χ0) is 15.4. The lowest BCUT2D eigenvalue weighted by atomic mass is 10.2. The van der Waals surface area contributed by atoms with Gasteiger partial charge in [-0.1, -0.05) is 12.1 Å². The molecular formula is C17H18N2O3. The average Bonchev–Trinajstić information content (AvgIpc) is 3.02. The Morgan fingerprint density at radius 1 is 1.32 bits per heavy atom. The van der Waals surface area contributed by atoms with Gasteiger partial charge in [-0.3, -0.25) is 9.78 Å². The number of nitrogens with zero attached hydrogens (tertiary/aromatic N) is 1. The van der Waals surface area contributed by atoms with E-state index >= 15 is 0 Å². The van der Waals surface area contributed by atoms with Crippen molar-refractivity contribution in [1.82, 2.24) is 4.98 Å². The van der Waals surface area contributed by atoms with E-state index in [1.54, 1.807) is 18.3 Å². The van der Waals surface area contributed by atoms with Crippen LogP contribution in [0.4, 0.5) is 5.69 Å². The van der Waals surface area contributed by atoms with Gasteiger partial charge in [0.25, 0.3) is 5.91 Å². The third-order valence-electron chi connectivity index (χ3n) is 3.57. The fraction of sp³-hybridized carbons (Fsp3) is 0.294. The van der Waals surface area contributed by atoms with Crippen molar-refractivity contribution in [2.24, 2.45) is 0 Å². The zero-order valence-electron chi connectivity index (χ0n) is 12.4. The summed E-state index contributed by atoms with van der Waals surface area (Å²) in [4.78, 5) is 16.5. The quantitative estimate of drug-likeness (QED) is 0.943. The van der Waals surface area contributed by atoms with Crippen LogP contribution in [0, 0.1) is 6.92 Å². The Morgan fingerprint density at radius 2 is 2.18 bits per heavy atom. The van der Waals surface area contributed by atoms with E-state index < -0.39 is 0 Å². The van der Waals surface area contributed by atoms with E-state index in [-0.39, 0.29) is 12.0 Å². The summed E-state index contributed by atoms with van der Waals surface area (Å²) in [6.45, 7) is 3.12. The monoisotopic (exact) mass is 298 g/mol. The van der Waals surface area contributed by atoms with Crippen LogP contribution in [0.15, 0.2) is 42.6 Å². The number of amides is 1. The molecule has 1 unspecified atom stereocenters. The Kier molecular flexibility index (Phi) is 4.34. The lowest BCUT2D eigenvalue weighted by Gasteiger charge is -2.16. The Bertz CT molecular complexity index is 666. The summed E-state index contributed by atoms with van der Waals surface area (Å²) in [5.41, 5.74) is 1.91. The standard InChI is InChI=1S/C17H18N2O3/c1-12-14(5-4-9-18-12)17(20)19-15-6-2-3-7-16(15)22-13-8-10-21-11-13/h2-7,9,13H,8,10-11H2,1H3,(H,19,20). The highest BCUT2D eigenvalue weighted by atomic mass is 16.5. The molecule has 3 rings (SSSR count). The van der Waals surface area contributed by atoms with Crippen LogP contribution in [0.2, 0.25) is 0 Å². The molecule has 0 saturated carbocycles. The second kappa shape index (κ2) is 6.58. The number of rotatable bonds is 4. The second-order valence-electron chi connectivity index (χ2n) is 5.19. The van der Waals surface area contributed by atoms with Gasteiger partial charge < -0.3 is 14.8 Å². The average molecular weight is 298 g/mol. The molecule has 0 bridgehead atoms. The number of hydrogen-bond acceptors (Lipinski definition) is 4. The SMILES string of the molecule is Cc1ncccc1C(=O)Nc1ccccc1OC1CCOC1. The minimum atomic E-state index is -0.190. The topological polar surface area (TPSA) is 60.5 Å². The largest absolute Gasteiger partial charge is 0.486 e. The van der Waals surface area contributed by atoms with Gasteiger partial charge in [0.15, 0.2) is 0 Å². The van der Waals surface area contributed by atoms with Gasteiger partial charge in [-0.2, -0.15) is 0 Å². The molecule has 1 fully saturated rings. The van der Waals surface area contributed by atoms with Crippen LogP contribution in [0.25, 0.3) is 0 Å². The highest BCUT2D eigenvalue weighted by molar-refractivity contribution is 6.05. The molecule has 22 heavy (non-hydrogen) atoms. The maximum absolute atomic E-state index is 12.4. The lowest BCUT2D eigenvalue weighted by molar-refractivity contribution is 0.102. The third-order valence-corrected chi connectivity index (χ3v) is 3.57. The van der Waals surface area contributed by atoms with Crippen molar-refractivity contribution in [2.75, 3.05) is 18.5 Å². The highest BCUT2D eigenvalue weighted by Gasteiger charge is 2.19. The van der Waals surface area contributed by atoms with Gasteiger partial charge in [-0.05, 0) is 31.2 Å². The third kappa shape index (κ3) is 3.26. The van der Waals surface area contributed by atoms with Gasteiger partial charge in [0, 0.05) is 18.3 Å². The number of carbonyl (C=O) groups is 1. The molecule has 1 aliphatic rings. The van der Waals surface area contributed by atoms with Gasteiger partial charge >= 0.3 is 0 Å².